The van der Waals surface area contributed by atoms with Gasteiger partial charge in [-0.2, -0.15) is 0 Å². The largest absolute Gasteiger partial charge is 0.379 e. The number of carbonyl (C=O) groups excluding carboxylic acids is 1. The number of ether oxygens (including phenoxy) is 1. The predicted octanol–water partition coefficient (Wildman–Crippen LogP) is 1.76. The van der Waals surface area contributed by atoms with Crippen LogP contribution < -0.4 is 10.6 Å². The molecule has 0 unspecified atom stereocenters. The third kappa shape index (κ3) is 7.51. The Morgan fingerprint density at radius 2 is 2.00 bits per heavy atom. The molecule has 2 rings (SSSR count). The van der Waals surface area contributed by atoms with Crippen LogP contribution >= 0.6 is 0 Å². The van der Waals surface area contributed by atoms with Gasteiger partial charge in [-0.3, -0.25) is 9.79 Å². The zero-order chi connectivity index (χ0) is 17.2. The Balaban J connectivity index is 1.64. The number of guanidine groups is 1. The van der Waals surface area contributed by atoms with Gasteiger partial charge in [0.15, 0.2) is 5.96 Å². The molecule has 0 saturated heterocycles. The molecule has 0 aromatic carbocycles. The lowest BCUT2D eigenvalue weighted by molar-refractivity contribution is -0.121. The van der Waals surface area contributed by atoms with Gasteiger partial charge in [-0.05, 0) is 38.5 Å². The fourth-order valence-electron chi connectivity index (χ4n) is 2.94. The molecule has 1 amide bonds. The highest BCUT2D eigenvalue weighted by atomic mass is 16.5. The lowest BCUT2D eigenvalue weighted by atomic mass is 10.2. The zero-order valence-electron chi connectivity index (χ0n) is 15.4. The second kappa shape index (κ2) is 10.5. The molecule has 6 nitrogen and oxygen atoms in total. The molecule has 2 saturated carbocycles. The van der Waals surface area contributed by atoms with Crippen molar-refractivity contribution in [1.82, 2.24) is 15.5 Å². The van der Waals surface area contributed by atoms with Crippen LogP contribution in [0.15, 0.2) is 4.99 Å². The number of likely N-dealkylation sites (N-methyl/N-ethyl adjacent to an activating group) is 1. The molecule has 0 spiro atoms. The Morgan fingerprint density at radius 3 is 2.67 bits per heavy atom. The number of aliphatic imine (C=N–C) groups is 1. The van der Waals surface area contributed by atoms with Crippen LogP contribution in [0.25, 0.3) is 0 Å². The van der Waals surface area contributed by atoms with Gasteiger partial charge in [0.1, 0.15) is 0 Å². The molecule has 6 heteroatoms. The molecule has 2 aliphatic rings. The minimum atomic E-state index is 0.122. The van der Waals surface area contributed by atoms with E-state index in [9.17, 15) is 4.79 Å². The van der Waals surface area contributed by atoms with Crippen LogP contribution in [-0.2, 0) is 9.53 Å². The van der Waals surface area contributed by atoms with Gasteiger partial charge in [0.25, 0.3) is 0 Å². The molecule has 2 fully saturated rings. The van der Waals surface area contributed by atoms with Crippen LogP contribution in [0, 0.1) is 5.92 Å². The Hall–Kier alpha value is -1.30. The van der Waals surface area contributed by atoms with E-state index in [2.05, 4.69) is 27.4 Å². The number of rotatable bonds is 10. The summed E-state index contributed by atoms with van der Waals surface area (Å²) in [7, 11) is 2.01. The summed E-state index contributed by atoms with van der Waals surface area (Å²) in [4.78, 5) is 18.6. The van der Waals surface area contributed by atoms with E-state index in [1.165, 1.54) is 25.7 Å². The van der Waals surface area contributed by atoms with Crippen molar-refractivity contribution in [1.29, 1.82) is 0 Å². The second-order valence-corrected chi connectivity index (χ2v) is 6.97. The number of amides is 1. The Kier molecular flexibility index (Phi) is 8.36. The molecular formula is C18H34N4O2. The summed E-state index contributed by atoms with van der Waals surface area (Å²) in [6.45, 7) is 5.82. The van der Waals surface area contributed by atoms with E-state index in [4.69, 9.17) is 4.74 Å². The SMILES string of the molecule is CCNC(=NCCC(=O)NC1CCCC1)N(C)CCOCC1CC1. The Bertz CT molecular complexity index is 404. The van der Waals surface area contributed by atoms with E-state index in [1.54, 1.807) is 0 Å². The zero-order valence-corrected chi connectivity index (χ0v) is 15.4. The molecule has 24 heavy (non-hydrogen) atoms. The molecule has 0 aromatic rings. The van der Waals surface area contributed by atoms with Crippen molar-refractivity contribution in [3.63, 3.8) is 0 Å². The Morgan fingerprint density at radius 1 is 1.25 bits per heavy atom. The normalized spacial score (nSPS) is 18.7. The molecule has 0 aliphatic heterocycles. The van der Waals surface area contributed by atoms with Crippen molar-refractivity contribution in [3.8, 4) is 0 Å². The first-order chi connectivity index (χ1) is 11.7. The second-order valence-electron chi connectivity index (χ2n) is 6.97. The summed E-state index contributed by atoms with van der Waals surface area (Å²) in [6, 6.07) is 0.390. The highest BCUT2D eigenvalue weighted by molar-refractivity contribution is 5.80. The summed E-state index contributed by atoms with van der Waals surface area (Å²) in [5, 5.41) is 6.39. The predicted molar refractivity (Wildman–Crippen MR) is 97.2 cm³/mol. The fraction of sp³-hybridized carbons (Fsp3) is 0.889. The van der Waals surface area contributed by atoms with Gasteiger partial charge in [0.05, 0.1) is 13.2 Å². The summed E-state index contributed by atoms with van der Waals surface area (Å²) < 4.78 is 5.69. The summed E-state index contributed by atoms with van der Waals surface area (Å²) in [6.07, 6.45) is 7.83. The minimum absolute atomic E-state index is 0.122. The van der Waals surface area contributed by atoms with Gasteiger partial charge in [0, 0.05) is 39.2 Å². The summed E-state index contributed by atoms with van der Waals surface area (Å²) in [5.74, 6) is 1.77. The molecule has 138 valence electrons. The average Bonchev–Trinajstić information content (AvgIpc) is 3.25. The third-order valence-corrected chi connectivity index (χ3v) is 4.64. The first kappa shape index (κ1) is 19.0. The highest BCUT2D eigenvalue weighted by Gasteiger charge is 2.21. The van der Waals surface area contributed by atoms with E-state index in [0.717, 1.165) is 51.0 Å². The van der Waals surface area contributed by atoms with E-state index >= 15 is 0 Å². The lowest BCUT2D eigenvalue weighted by Gasteiger charge is -2.22. The highest BCUT2D eigenvalue weighted by Crippen LogP contribution is 2.28. The van der Waals surface area contributed by atoms with Gasteiger partial charge >= 0.3 is 0 Å². The molecule has 0 atom stereocenters. The average molecular weight is 338 g/mol. The topological polar surface area (TPSA) is 66.0 Å². The van der Waals surface area contributed by atoms with Crippen LogP contribution in [0.2, 0.25) is 0 Å². The Labute approximate surface area is 146 Å². The third-order valence-electron chi connectivity index (χ3n) is 4.64. The van der Waals surface area contributed by atoms with Crippen molar-refractivity contribution in [2.45, 2.75) is 57.9 Å². The van der Waals surface area contributed by atoms with Crippen LogP contribution in [0.1, 0.15) is 51.9 Å². The van der Waals surface area contributed by atoms with Crippen LogP contribution in [-0.4, -0.2) is 62.7 Å². The maximum Gasteiger partial charge on any atom is 0.222 e. The monoisotopic (exact) mass is 338 g/mol. The maximum atomic E-state index is 12.0. The number of hydrogen-bond acceptors (Lipinski definition) is 3. The van der Waals surface area contributed by atoms with Gasteiger partial charge in [-0.1, -0.05) is 12.8 Å². The summed E-state index contributed by atoms with van der Waals surface area (Å²) >= 11 is 0. The van der Waals surface area contributed by atoms with Crippen LogP contribution in [0.3, 0.4) is 0 Å². The minimum Gasteiger partial charge on any atom is -0.379 e. The maximum absolute atomic E-state index is 12.0. The van der Waals surface area contributed by atoms with E-state index in [1.807, 2.05) is 7.05 Å². The molecule has 0 bridgehead atoms. The number of nitrogens with one attached hydrogen (secondary N) is 2. The number of hydrogen-bond donors (Lipinski definition) is 2. The molecule has 2 N–H and O–H groups in total. The smallest absolute Gasteiger partial charge is 0.222 e. The van der Waals surface area contributed by atoms with E-state index < -0.39 is 0 Å². The van der Waals surface area contributed by atoms with Crippen LogP contribution in [0.5, 0.6) is 0 Å². The molecule has 2 aliphatic carbocycles. The number of carbonyl (C=O) groups is 1. The summed E-state index contributed by atoms with van der Waals surface area (Å²) in [5.41, 5.74) is 0. The van der Waals surface area contributed by atoms with E-state index in [0.29, 0.717) is 19.0 Å². The first-order valence-corrected chi connectivity index (χ1v) is 9.55. The quantitative estimate of drug-likeness (QED) is 0.362. The van der Waals surface area contributed by atoms with Gasteiger partial charge in [-0.15, -0.1) is 0 Å². The number of nitrogens with zero attached hydrogens (tertiary/aromatic N) is 2. The van der Waals surface area contributed by atoms with Crippen molar-refractivity contribution in [3.05, 3.63) is 0 Å². The molecular weight excluding hydrogens is 304 g/mol. The van der Waals surface area contributed by atoms with Crippen molar-refractivity contribution in [2.24, 2.45) is 10.9 Å². The van der Waals surface area contributed by atoms with Crippen molar-refractivity contribution < 1.29 is 9.53 Å². The molecule has 0 radical (unpaired) electrons. The van der Waals surface area contributed by atoms with Crippen molar-refractivity contribution >= 4 is 11.9 Å². The lowest BCUT2D eigenvalue weighted by Crippen LogP contribution is -2.41. The standard InChI is InChI=1S/C18H34N4O2/c1-3-19-18(22(2)12-13-24-14-15-8-9-15)20-11-10-17(23)21-16-6-4-5-7-16/h15-16H,3-14H2,1-2H3,(H,19,20)(H,21,23). The first-order valence-electron chi connectivity index (χ1n) is 9.55. The van der Waals surface area contributed by atoms with Gasteiger partial charge in [-0.25, -0.2) is 0 Å². The van der Waals surface area contributed by atoms with E-state index in [-0.39, 0.29) is 5.91 Å². The van der Waals surface area contributed by atoms with Gasteiger partial charge in [0.2, 0.25) is 5.91 Å². The fourth-order valence-corrected chi connectivity index (χ4v) is 2.94. The van der Waals surface area contributed by atoms with Gasteiger partial charge < -0.3 is 20.3 Å². The van der Waals surface area contributed by atoms with Crippen molar-refractivity contribution in [2.75, 3.05) is 39.9 Å². The molecule has 0 heterocycles. The van der Waals surface area contributed by atoms with Crippen LogP contribution in [0.4, 0.5) is 0 Å². The molecule has 0 aromatic heterocycles.